The first-order chi connectivity index (χ1) is 9.43. The van der Waals surface area contributed by atoms with Gasteiger partial charge in [0.2, 0.25) is 0 Å². The smallest absolute Gasteiger partial charge is 0.272 e. The molecule has 1 saturated heterocycles. The summed E-state index contributed by atoms with van der Waals surface area (Å²) >= 11 is 0. The molecular formula is C14H23N3O3. The minimum Gasteiger partial charge on any atom is -0.394 e. The van der Waals surface area contributed by atoms with Gasteiger partial charge in [-0.25, -0.2) is 0 Å². The van der Waals surface area contributed by atoms with E-state index in [0.717, 1.165) is 5.69 Å². The number of morpholine rings is 1. The molecule has 0 spiro atoms. The van der Waals surface area contributed by atoms with Gasteiger partial charge in [-0.15, -0.1) is 0 Å². The molecule has 1 amide bonds. The molecule has 0 aromatic carbocycles. The summed E-state index contributed by atoms with van der Waals surface area (Å²) in [6, 6.07) is 1.85. The second kappa shape index (κ2) is 5.93. The minimum absolute atomic E-state index is 0.00250. The molecule has 0 bridgehead atoms. The van der Waals surface area contributed by atoms with Crippen LogP contribution in [0, 0.1) is 0 Å². The van der Waals surface area contributed by atoms with Crippen LogP contribution in [0.15, 0.2) is 6.07 Å². The van der Waals surface area contributed by atoms with Crippen LogP contribution < -0.4 is 0 Å². The number of hydrogen-bond donors (Lipinski definition) is 1. The van der Waals surface area contributed by atoms with Gasteiger partial charge in [-0.05, 0) is 18.9 Å². The maximum Gasteiger partial charge on any atom is 0.272 e. The van der Waals surface area contributed by atoms with Crippen LogP contribution in [0.3, 0.4) is 0 Å². The molecule has 0 aliphatic carbocycles. The van der Waals surface area contributed by atoms with E-state index in [2.05, 4.69) is 18.9 Å². The second-order valence-corrected chi connectivity index (χ2v) is 5.68. The molecule has 1 aliphatic heterocycles. The Bertz CT molecular complexity index is 484. The molecule has 0 radical (unpaired) electrons. The quantitative estimate of drug-likeness (QED) is 0.888. The van der Waals surface area contributed by atoms with Crippen molar-refractivity contribution in [1.29, 1.82) is 0 Å². The summed E-state index contributed by atoms with van der Waals surface area (Å²) in [4.78, 5) is 14.4. The zero-order valence-corrected chi connectivity index (χ0v) is 12.5. The van der Waals surface area contributed by atoms with Gasteiger partial charge in [-0.2, -0.15) is 5.10 Å². The van der Waals surface area contributed by atoms with Crippen LogP contribution in [0.25, 0.3) is 0 Å². The lowest BCUT2D eigenvalue weighted by atomic mass is 10.1. The highest BCUT2D eigenvalue weighted by molar-refractivity contribution is 5.93. The summed E-state index contributed by atoms with van der Waals surface area (Å²) in [6.07, 6.45) is -0.298. The van der Waals surface area contributed by atoms with Crippen LogP contribution >= 0.6 is 0 Å². The van der Waals surface area contributed by atoms with E-state index in [-0.39, 0.29) is 30.6 Å². The first-order valence-corrected chi connectivity index (χ1v) is 7.01. The summed E-state index contributed by atoms with van der Waals surface area (Å²) in [6.45, 7) is 6.85. The van der Waals surface area contributed by atoms with Crippen molar-refractivity contribution in [1.82, 2.24) is 14.7 Å². The number of hydrogen-bond acceptors (Lipinski definition) is 4. The highest BCUT2D eigenvalue weighted by atomic mass is 16.5. The molecule has 1 aromatic rings. The molecule has 6 nitrogen and oxygen atoms in total. The zero-order chi connectivity index (χ0) is 14.9. The maximum atomic E-state index is 12.7. The Balaban J connectivity index is 2.21. The van der Waals surface area contributed by atoms with E-state index in [4.69, 9.17) is 4.74 Å². The predicted molar refractivity (Wildman–Crippen MR) is 74.6 cm³/mol. The van der Waals surface area contributed by atoms with Crippen LogP contribution in [-0.2, 0) is 11.8 Å². The number of aliphatic hydroxyl groups is 1. The maximum absolute atomic E-state index is 12.7. The summed E-state index contributed by atoms with van der Waals surface area (Å²) in [7, 11) is 1.79. The van der Waals surface area contributed by atoms with E-state index in [9.17, 15) is 9.90 Å². The van der Waals surface area contributed by atoms with E-state index in [1.165, 1.54) is 0 Å². The first-order valence-electron chi connectivity index (χ1n) is 7.01. The van der Waals surface area contributed by atoms with E-state index in [0.29, 0.717) is 18.8 Å². The van der Waals surface area contributed by atoms with E-state index < -0.39 is 0 Å². The van der Waals surface area contributed by atoms with Gasteiger partial charge >= 0.3 is 0 Å². The Kier molecular flexibility index (Phi) is 4.45. The molecule has 2 atom stereocenters. The number of amides is 1. The molecule has 0 unspecified atom stereocenters. The van der Waals surface area contributed by atoms with Gasteiger partial charge in [0.25, 0.3) is 5.91 Å². The van der Waals surface area contributed by atoms with E-state index in [1.54, 1.807) is 16.6 Å². The lowest BCUT2D eigenvalue weighted by Crippen LogP contribution is -2.52. The van der Waals surface area contributed by atoms with E-state index in [1.807, 2.05) is 13.0 Å². The van der Waals surface area contributed by atoms with Crippen molar-refractivity contribution in [2.24, 2.45) is 7.05 Å². The van der Waals surface area contributed by atoms with Gasteiger partial charge in [0.1, 0.15) is 5.69 Å². The SMILES string of the molecule is CC(C)c1cc(C(=O)N2C[C@@H](CO)OC[C@H]2C)n(C)n1. The normalized spacial score (nSPS) is 23.4. The molecule has 6 heteroatoms. The molecule has 0 saturated carbocycles. The van der Waals surface area contributed by atoms with Crippen molar-refractivity contribution in [2.45, 2.75) is 38.8 Å². The molecule has 20 heavy (non-hydrogen) atoms. The topological polar surface area (TPSA) is 67.6 Å². The summed E-state index contributed by atoms with van der Waals surface area (Å²) < 4.78 is 7.10. The third-order valence-corrected chi connectivity index (χ3v) is 3.68. The number of nitrogens with zero attached hydrogens (tertiary/aromatic N) is 3. The average molecular weight is 281 g/mol. The highest BCUT2D eigenvalue weighted by Gasteiger charge is 2.31. The lowest BCUT2D eigenvalue weighted by Gasteiger charge is -2.37. The number of rotatable bonds is 3. The molecule has 1 fully saturated rings. The number of aliphatic hydroxyl groups excluding tert-OH is 1. The van der Waals surface area contributed by atoms with Crippen molar-refractivity contribution in [3.8, 4) is 0 Å². The van der Waals surface area contributed by atoms with Crippen molar-refractivity contribution in [3.63, 3.8) is 0 Å². The molecule has 1 aliphatic rings. The molecule has 1 aromatic heterocycles. The predicted octanol–water partition coefficient (Wildman–Crippen LogP) is 0.765. The number of carbonyl (C=O) groups is 1. The standard InChI is InChI=1S/C14H23N3O3/c1-9(2)12-5-13(16(4)15-12)14(19)17-6-11(7-18)20-8-10(17)3/h5,9-11,18H,6-8H2,1-4H3/t10-,11+/m1/s1. The van der Waals surface area contributed by atoms with Crippen LogP contribution in [0.1, 0.15) is 42.9 Å². The molecule has 1 N–H and O–H groups in total. The van der Waals surface area contributed by atoms with Crippen molar-refractivity contribution >= 4 is 5.91 Å². The third-order valence-electron chi connectivity index (χ3n) is 3.68. The van der Waals surface area contributed by atoms with Gasteiger partial charge in [0.15, 0.2) is 0 Å². The Labute approximate surface area is 119 Å². The second-order valence-electron chi connectivity index (χ2n) is 5.68. The number of aryl methyl sites for hydroxylation is 1. The summed E-state index contributed by atoms with van der Waals surface area (Å²) in [5.41, 5.74) is 1.50. The fourth-order valence-corrected chi connectivity index (χ4v) is 2.33. The third kappa shape index (κ3) is 2.86. The summed E-state index contributed by atoms with van der Waals surface area (Å²) in [5.74, 6) is 0.233. The Morgan fingerprint density at radius 2 is 2.30 bits per heavy atom. The van der Waals surface area contributed by atoms with Crippen LogP contribution in [0.4, 0.5) is 0 Å². The van der Waals surface area contributed by atoms with Crippen LogP contribution in [0.2, 0.25) is 0 Å². The highest BCUT2D eigenvalue weighted by Crippen LogP contribution is 2.18. The fourth-order valence-electron chi connectivity index (χ4n) is 2.33. The summed E-state index contributed by atoms with van der Waals surface area (Å²) in [5, 5.41) is 13.6. The Morgan fingerprint density at radius 1 is 1.60 bits per heavy atom. The number of aromatic nitrogens is 2. The van der Waals surface area contributed by atoms with Crippen LogP contribution in [0.5, 0.6) is 0 Å². The van der Waals surface area contributed by atoms with E-state index >= 15 is 0 Å². The first kappa shape index (κ1) is 15.0. The molecule has 112 valence electrons. The molecular weight excluding hydrogens is 258 g/mol. The average Bonchev–Trinajstić information content (AvgIpc) is 2.81. The van der Waals surface area contributed by atoms with Crippen LogP contribution in [-0.4, -0.2) is 57.6 Å². The van der Waals surface area contributed by atoms with Gasteiger partial charge in [0, 0.05) is 13.6 Å². The minimum atomic E-state index is -0.298. The zero-order valence-electron chi connectivity index (χ0n) is 12.5. The fraction of sp³-hybridized carbons (Fsp3) is 0.714. The number of ether oxygens (including phenoxy) is 1. The number of carbonyl (C=O) groups excluding carboxylic acids is 1. The van der Waals surface area contributed by atoms with Gasteiger partial charge in [-0.3, -0.25) is 9.48 Å². The van der Waals surface area contributed by atoms with Crippen molar-refractivity contribution < 1.29 is 14.6 Å². The van der Waals surface area contributed by atoms with Crippen molar-refractivity contribution in [2.75, 3.05) is 19.8 Å². The largest absolute Gasteiger partial charge is 0.394 e. The lowest BCUT2D eigenvalue weighted by molar-refractivity contribution is -0.0669. The Hall–Kier alpha value is -1.40. The molecule has 2 heterocycles. The monoisotopic (exact) mass is 281 g/mol. The van der Waals surface area contributed by atoms with Crippen molar-refractivity contribution in [3.05, 3.63) is 17.5 Å². The molecule has 2 rings (SSSR count). The Morgan fingerprint density at radius 3 is 2.85 bits per heavy atom. The van der Waals surface area contributed by atoms with Gasteiger partial charge < -0.3 is 14.7 Å². The van der Waals surface area contributed by atoms with Gasteiger partial charge in [0.05, 0.1) is 31.1 Å². The van der Waals surface area contributed by atoms with Gasteiger partial charge in [-0.1, -0.05) is 13.8 Å².